The average molecular weight is 294 g/mol. The largest absolute Gasteiger partial charge is 0.481 e. The number of rotatable bonds is 2. The summed E-state index contributed by atoms with van der Waals surface area (Å²) in [6, 6.07) is 2.50. The maximum absolute atomic E-state index is 14.0. The number of carboxylic acid groups (broad SMARTS) is 1. The number of anilines is 2. The van der Waals surface area contributed by atoms with Crippen molar-refractivity contribution in [3.8, 4) is 5.75 Å². The van der Waals surface area contributed by atoms with E-state index in [1.807, 2.05) is 0 Å². The lowest BCUT2D eigenvalue weighted by Gasteiger charge is -2.22. The summed E-state index contributed by atoms with van der Waals surface area (Å²) in [7, 11) is 0. The summed E-state index contributed by atoms with van der Waals surface area (Å²) < 4.78 is 19.0. The van der Waals surface area contributed by atoms with E-state index in [1.165, 1.54) is 11.0 Å². The molecule has 0 radical (unpaired) electrons. The van der Waals surface area contributed by atoms with Crippen molar-refractivity contribution in [1.82, 2.24) is 0 Å². The van der Waals surface area contributed by atoms with Crippen molar-refractivity contribution in [3.05, 3.63) is 17.9 Å². The number of benzene rings is 1. The first-order valence-corrected chi connectivity index (χ1v) is 6.25. The third-order valence-electron chi connectivity index (χ3n) is 3.44. The lowest BCUT2D eigenvalue weighted by atomic mass is 10.1. The van der Waals surface area contributed by atoms with Crippen molar-refractivity contribution in [3.63, 3.8) is 0 Å². The van der Waals surface area contributed by atoms with Gasteiger partial charge < -0.3 is 20.1 Å². The molecule has 1 atom stereocenters. The van der Waals surface area contributed by atoms with Gasteiger partial charge in [0.1, 0.15) is 0 Å². The Labute approximate surface area is 118 Å². The number of nitrogens with zero attached hydrogens (tertiary/aromatic N) is 1. The van der Waals surface area contributed by atoms with Gasteiger partial charge in [0.05, 0.1) is 11.6 Å². The molecule has 1 saturated heterocycles. The van der Waals surface area contributed by atoms with Crippen LogP contribution in [0.15, 0.2) is 12.1 Å². The molecular formula is C13H11FN2O5. The molecule has 110 valence electrons. The van der Waals surface area contributed by atoms with Gasteiger partial charge in [-0.15, -0.1) is 0 Å². The van der Waals surface area contributed by atoms with Crippen molar-refractivity contribution >= 4 is 29.2 Å². The number of carbonyl (C=O) groups is 3. The predicted molar refractivity (Wildman–Crippen MR) is 68.6 cm³/mol. The van der Waals surface area contributed by atoms with Crippen LogP contribution >= 0.6 is 0 Å². The number of fused-ring (bicyclic) bond motifs is 1. The molecule has 2 N–H and O–H groups in total. The van der Waals surface area contributed by atoms with Gasteiger partial charge in [-0.05, 0) is 6.07 Å². The molecule has 1 fully saturated rings. The Morgan fingerprint density at radius 3 is 2.86 bits per heavy atom. The fraction of sp³-hybridized carbons (Fsp3) is 0.308. The summed E-state index contributed by atoms with van der Waals surface area (Å²) in [6.07, 6.45) is -0.128. The predicted octanol–water partition coefficient (Wildman–Crippen LogP) is 0.594. The smallest absolute Gasteiger partial charge is 0.308 e. The highest BCUT2D eigenvalue weighted by Crippen LogP contribution is 2.36. The van der Waals surface area contributed by atoms with Crippen molar-refractivity contribution in [1.29, 1.82) is 0 Å². The number of amides is 2. The lowest BCUT2D eigenvalue weighted by molar-refractivity contribution is -0.141. The second-order valence-corrected chi connectivity index (χ2v) is 4.88. The van der Waals surface area contributed by atoms with Crippen molar-refractivity contribution in [2.24, 2.45) is 5.92 Å². The molecule has 0 aromatic heterocycles. The number of ether oxygens (including phenoxy) is 1. The molecule has 2 aliphatic rings. The topological polar surface area (TPSA) is 95.9 Å². The third kappa shape index (κ3) is 2.28. The van der Waals surface area contributed by atoms with Crippen molar-refractivity contribution in [2.75, 3.05) is 23.4 Å². The normalized spacial score (nSPS) is 20.8. The van der Waals surface area contributed by atoms with Crippen LogP contribution in [0.5, 0.6) is 5.75 Å². The van der Waals surface area contributed by atoms with E-state index in [2.05, 4.69) is 5.32 Å². The van der Waals surface area contributed by atoms with Gasteiger partial charge in [-0.1, -0.05) is 0 Å². The molecule has 8 heteroatoms. The molecule has 21 heavy (non-hydrogen) atoms. The molecule has 0 aliphatic carbocycles. The highest BCUT2D eigenvalue weighted by atomic mass is 19.1. The molecule has 2 heterocycles. The van der Waals surface area contributed by atoms with Crippen LogP contribution in [0.1, 0.15) is 6.42 Å². The van der Waals surface area contributed by atoms with Crippen LogP contribution in [0, 0.1) is 11.7 Å². The molecule has 1 aromatic rings. The van der Waals surface area contributed by atoms with Gasteiger partial charge in [0.2, 0.25) is 5.91 Å². The molecule has 2 aliphatic heterocycles. The maximum atomic E-state index is 14.0. The zero-order chi connectivity index (χ0) is 15.1. The summed E-state index contributed by atoms with van der Waals surface area (Å²) in [5.41, 5.74) is 0.332. The average Bonchev–Trinajstić information content (AvgIpc) is 2.80. The highest BCUT2D eigenvalue weighted by Gasteiger charge is 2.36. The molecule has 1 aromatic carbocycles. The summed E-state index contributed by atoms with van der Waals surface area (Å²) in [6.45, 7) is -0.297. The molecule has 3 rings (SSSR count). The van der Waals surface area contributed by atoms with Crippen LogP contribution in [-0.4, -0.2) is 36.0 Å². The van der Waals surface area contributed by atoms with Gasteiger partial charge >= 0.3 is 5.97 Å². The van der Waals surface area contributed by atoms with Crippen molar-refractivity contribution < 1.29 is 28.6 Å². The van der Waals surface area contributed by atoms with Crippen LogP contribution in [0.2, 0.25) is 0 Å². The molecule has 0 saturated carbocycles. The first kappa shape index (κ1) is 13.3. The van der Waals surface area contributed by atoms with Crippen LogP contribution in [-0.2, 0) is 14.4 Å². The van der Waals surface area contributed by atoms with E-state index in [0.29, 0.717) is 0 Å². The first-order chi connectivity index (χ1) is 9.95. The molecule has 0 bridgehead atoms. The van der Waals surface area contributed by atoms with Gasteiger partial charge in [-0.2, -0.15) is 0 Å². The number of carboxylic acids is 1. The van der Waals surface area contributed by atoms with E-state index in [4.69, 9.17) is 9.84 Å². The van der Waals surface area contributed by atoms with E-state index in [0.717, 1.165) is 6.07 Å². The van der Waals surface area contributed by atoms with Gasteiger partial charge in [0, 0.05) is 24.7 Å². The summed E-state index contributed by atoms with van der Waals surface area (Å²) >= 11 is 0. The highest BCUT2D eigenvalue weighted by molar-refractivity contribution is 6.01. The molecule has 1 unspecified atom stereocenters. The molecular weight excluding hydrogens is 283 g/mol. The summed E-state index contributed by atoms with van der Waals surface area (Å²) in [5.74, 6) is -3.50. The second kappa shape index (κ2) is 4.72. The second-order valence-electron chi connectivity index (χ2n) is 4.88. The van der Waals surface area contributed by atoms with Gasteiger partial charge in [-0.25, -0.2) is 4.39 Å². The van der Waals surface area contributed by atoms with Gasteiger partial charge in [0.15, 0.2) is 18.2 Å². The van der Waals surface area contributed by atoms with Crippen molar-refractivity contribution in [2.45, 2.75) is 6.42 Å². The SMILES string of the molecule is O=C1COc2c(F)cc(N3CC(C(=O)O)CC3=O)cc2N1. The lowest BCUT2D eigenvalue weighted by Crippen LogP contribution is -2.28. The Bertz CT molecular complexity index is 660. The van der Waals surface area contributed by atoms with Gasteiger partial charge in [0.25, 0.3) is 5.91 Å². The number of carbonyl (C=O) groups excluding carboxylic acids is 2. The number of aliphatic carboxylic acids is 1. The number of hydrogen-bond donors (Lipinski definition) is 2. The summed E-state index contributed by atoms with van der Waals surface area (Å²) in [4.78, 5) is 35.2. The van der Waals surface area contributed by atoms with Crippen LogP contribution in [0.3, 0.4) is 0 Å². The molecule has 2 amide bonds. The van der Waals surface area contributed by atoms with E-state index < -0.39 is 29.5 Å². The minimum Gasteiger partial charge on any atom is -0.481 e. The Balaban J connectivity index is 1.95. The number of halogens is 1. The van der Waals surface area contributed by atoms with Gasteiger partial charge in [-0.3, -0.25) is 14.4 Å². The quantitative estimate of drug-likeness (QED) is 0.832. The van der Waals surface area contributed by atoms with E-state index in [-0.39, 0.29) is 36.7 Å². The van der Waals surface area contributed by atoms with Crippen LogP contribution in [0.25, 0.3) is 0 Å². The Kier molecular flexibility index (Phi) is 3.00. The standard InChI is InChI=1S/C13H11FN2O5/c14-8-2-7(3-9-12(8)21-5-10(17)15-9)16-4-6(13(19)20)1-11(16)18/h2-3,6H,1,4-5H2,(H,15,17)(H,19,20). The van der Waals surface area contributed by atoms with Crippen LogP contribution < -0.4 is 15.0 Å². The number of nitrogens with one attached hydrogen (secondary N) is 1. The maximum Gasteiger partial charge on any atom is 0.308 e. The zero-order valence-electron chi connectivity index (χ0n) is 10.8. The zero-order valence-corrected chi connectivity index (χ0v) is 10.8. The molecule has 0 spiro atoms. The Hall–Kier alpha value is -2.64. The minimum atomic E-state index is -1.07. The first-order valence-electron chi connectivity index (χ1n) is 6.25. The minimum absolute atomic E-state index is 0.0266. The molecule has 7 nitrogen and oxygen atoms in total. The fourth-order valence-corrected chi connectivity index (χ4v) is 2.42. The monoisotopic (exact) mass is 294 g/mol. The van der Waals surface area contributed by atoms with E-state index in [1.54, 1.807) is 0 Å². The van der Waals surface area contributed by atoms with E-state index >= 15 is 0 Å². The Morgan fingerprint density at radius 1 is 1.43 bits per heavy atom. The summed E-state index contributed by atoms with van der Waals surface area (Å²) in [5, 5.41) is 11.4. The van der Waals surface area contributed by atoms with Crippen LogP contribution in [0.4, 0.5) is 15.8 Å². The Morgan fingerprint density at radius 2 is 2.19 bits per heavy atom. The number of hydrogen-bond acceptors (Lipinski definition) is 4. The third-order valence-corrected chi connectivity index (χ3v) is 3.44. The van der Waals surface area contributed by atoms with E-state index in [9.17, 15) is 18.8 Å². The fourth-order valence-electron chi connectivity index (χ4n) is 2.42.